The Morgan fingerprint density at radius 3 is 2.95 bits per heavy atom. The van der Waals surface area contributed by atoms with Crippen molar-refractivity contribution in [1.82, 2.24) is 4.40 Å². The molecule has 0 atom stereocenters. The van der Waals surface area contributed by atoms with E-state index in [-0.39, 0.29) is 19.6 Å². The van der Waals surface area contributed by atoms with Crippen LogP contribution in [0.25, 0.3) is 5.52 Å². The van der Waals surface area contributed by atoms with Crippen molar-refractivity contribution in [2.24, 2.45) is 0 Å². The lowest BCUT2D eigenvalue weighted by atomic mass is 10.2. The SMILES string of the molecule is CCOC(=O)c1cc2ccccn2c1CC[N+](=O)[O-]. The summed E-state index contributed by atoms with van der Waals surface area (Å²) in [5.74, 6) is -0.440. The van der Waals surface area contributed by atoms with E-state index < -0.39 is 10.9 Å². The van der Waals surface area contributed by atoms with Crippen LogP contribution in [0.2, 0.25) is 0 Å². The van der Waals surface area contributed by atoms with Crippen molar-refractivity contribution in [2.45, 2.75) is 13.3 Å². The fourth-order valence-corrected chi connectivity index (χ4v) is 2.02. The number of carbonyl (C=O) groups excluding carboxylic acids is 1. The molecule has 0 aliphatic rings. The van der Waals surface area contributed by atoms with Gasteiger partial charge in [-0.1, -0.05) is 6.07 Å². The minimum absolute atomic E-state index is 0.194. The zero-order valence-electron chi connectivity index (χ0n) is 10.5. The second-order valence-corrected chi connectivity index (χ2v) is 4.03. The summed E-state index contributed by atoms with van der Waals surface area (Å²) in [7, 11) is 0. The summed E-state index contributed by atoms with van der Waals surface area (Å²) < 4.78 is 6.77. The molecule has 0 aliphatic carbocycles. The predicted molar refractivity (Wildman–Crippen MR) is 68.9 cm³/mol. The Balaban J connectivity index is 2.45. The molecule has 0 bridgehead atoms. The lowest BCUT2D eigenvalue weighted by molar-refractivity contribution is -0.479. The summed E-state index contributed by atoms with van der Waals surface area (Å²) in [6.07, 6.45) is 1.98. The quantitative estimate of drug-likeness (QED) is 0.469. The van der Waals surface area contributed by atoms with Crippen molar-refractivity contribution in [3.05, 3.63) is 51.8 Å². The molecular weight excluding hydrogens is 248 g/mol. The van der Waals surface area contributed by atoms with Crippen molar-refractivity contribution in [3.8, 4) is 0 Å². The Morgan fingerprint density at radius 1 is 1.47 bits per heavy atom. The van der Waals surface area contributed by atoms with Crippen LogP contribution in [0.15, 0.2) is 30.5 Å². The number of pyridine rings is 1. The molecular formula is C13H14N2O4. The number of aromatic nitrogens is 1. The Kier molecular flexibility index (Phi) is 3.79. The molecule has 6 heteroatoms. The van der Waals surface area contributed by atoms with Crippen LogP contribution < -0.4 is 0 Å². The van der Waals surface area contributed by atoms with E-state index in [1.54, 1.807) is 23.6 Å². The molecule has 0 unspecified atom stereocenters. The molecule has 0 aromatic carbocycles. The van der Waals surface area contributed by atoms with Gasteiger partial charge in [0.25, 0.3) is 0 Å². The molecule has 2 rings (SSSR count). The fraction of sp³-hybridized carbons (Fsp3) is 0.308. The molecule has 0 amide bonds. The Bertz CT molecular complexity index is 618. The minimum Gasteiger partial charge on any atom is -0.462 e. The number of fused-ring (bicyclic) bond motifs is 1. The van der Waals surface area contributed by atoms with Crippen LogP contribution in [0, 0.1) is 10.1 Å². The van der Waals surface area contributed by atoms with Crippen molar-refractivity contribution in [3.63, 3.8) is 0 Å². The highest BCUT2D eigenvalue weighted by Gasteiger charge is 2.18. The van der Waals surface area contributed by atoms with E-state index in [0.717, 1.165) is 5.52 Å². The molecule has 0 saturated heterocycles. The minimum atomic E-state index is -0.440. The Morgan fingerprint density at radius 2 is 2.26 bits per heavy atom. The Labute approximate surface area is 109 Å². The summed E-state index contributed by atoms with van der Waals surface area (Å²) >= 11 is 0. The number of rotatable bonds is 5. The van der Waals surface area contributed by atoms with Crippen LogP contribution in [0.1, 0.15) is 23.0 Å². The molecule has 0 aliphatic heterocycles. The van der Waals surface area contributed by atoms with Crippen molar-refractivity contribution >= 4 is 11.5 Å². The maximum absolute atomic E-state index is 11.9. The van der Waals surface area contributed by atoms with Crippen molar-refractivity contribution in [1.29, 1.82) is 0 Å². The lowest BCUT2D eigenvalue weighted by Crippen LogP contribution is -2.11. The second-order valence-electron chi connectivity index (χ2n) is 4.03. The van der Waals surface area contributed by atoms with E-state index in [9.17, 15) is 14.9 Å². The summed E-state index contributed by atoms with van der Waals surface area (Å²) in [5, 5.41) is 10.5. The van der Waals surface area contributed by atoms with Crippen LogP contribution in [-0.4, -0.2) is 28.4 Å². The summed E-state index contributed by atoms with van der Waals surface area (Å²) in [5.41, 5.74) is 1.84. The summed E-state index contributed by atoms with van der Waals surface area (Å²) in [6, 6.07) is 7.21. The fourth-order valence-electron chi connectivity index (χ4n) is 2.02. The summed E-state index contributed by atoms with van der Waals surface area (Å²) in [6.45, 7) is 1.79. The first-order chi connectivity index (χ1) is 9.13. The van der Waals surface area contributed by atoms with E-state index in [2.05, 4.69) is 0 Å². The van der Waals surface area contributed by atoms with E-state index in [4.69, 9.17) is 4.74 Å². The number of nitrogens with zero attached hydrogens (tertiary/aromatic N) is 2. The van der Waals surface area contributed by atoms with E-state index >= 15 is 0 Å². The van der Waals surface area contributed by atoms with Gasteiger partial charge in [-0.3, -0.25) is 10.1 Å². The number of esters is 1. The maximum atomic E-state index is 11.9. The third-order valence-corrected chi connectivity index (χ3v) is 2.81. The molecule has 2 aromatic heterocycles. The number of nitro groups is 1. The van der Waals surface area contributed by atoms with Gasteiger partial charge in [0.2, 0.25) is 6.54 Å². The van der Waals surface area contributed by atoms with Crippen molar-refractivity contribution in [2.75, 3.05) is 13.2 Å². The molecule has 0 spiro atoms. The first-order valence-corrected chi connectivity index (χ1v) is 6.01. The molecule has 0 radical (unpaired) electrons. The molecule has 0 saturated carbocycles. The third-order valence-electron chi connectivity index (χ3n) is 2.81. The molecule has 0 fully saturated rings. The van der Waals surface area contributed by atoms with E-state index in [1.807, 2.05) is 18.2 Å². The number of carbonyl (C=O) groups is 1. The van der Waals surface area contributed by atoms with Gasteiger partial charge in [0.1, 0.15) is 0 Å². The van der Waals surface area contributed by atoms with Gasteiger partial charge in [0.05, 0.1) is 18.6 Å². The zero-order chi connectivity index (χ0) is 13.8. The highest BCUT2D eigenvalue weighted by Crippen LogP contribution is 2.18. The van der Waals surface area contributed by atoms with Crippen LogP contribution in [0.3, 0.4) is 0 Å². The van der Waals surface area contributed by atoms with Gasteiger partial charge in [-0.05, 0) is 25.1 Å². The van der Waals surface area contributed by atoms with E-state index in [1.165, 1.54) is 0 Å². The van der Waals surface area contributed by atoms with Gasteiger partial charge in [0, 0.05) is 22.3 Å². The third kappa shape index (κ3) is 2.73. The van der Waals surface area contributed by atoms with Crippen LogP contribution in [-0.2, 0) is 11.2 Å². The highest BCUT2D eigenvalue weighted by atomic mass is 16.6. The average Bonchev–Trinajstić information content (AvgIpc) is 2.75. The lowest BCUT2D eigenvalue weighted by Gasteiger charge is -2.04. The summed E-state index contributed by atoms with van der Waals surface area (Å²) in [4.78, 5) is 22.0. The van der Waals surface area contributed by atoms with Gasteiger partial charge >= 0.3 is 5.97 Å². The molecule has 2 heterocycles. The van der Waals surface area contributed by atoms with Crippen LogP contribution >= 0.6 is 0 Å². The highest BCUT2D eigenvalue weighted by molar-refractivity contribution is 5.93. The van der Waals surface area contributed by atoms with Gasteiger partial charge in [-0.25, -0.2) is 4.79 Å². The monoisotopic (exact) mass is 262 g/mol. The zero-order valence-corrected chi connectivity index (χ0v) is 10.5. The van der Waals surface area contributed by atoms with Gasteiger partial charge in [0.15, 0.2) is 0 Å². The first kappa shape index (κ1) is 13.1. The maximum Gasteiger partial charge on any atom is 0.339 e. The first-order valence-electron chi connectivity index (χ1n) is 6.01. The number of hydrogen-bond donors (Lipinski definition) is 0. The topological polar surface area (TPSA) is 73.8 Å². The largest absolute Gasteiger partial charge is 0.462 e. The second kappa shape index (κ2) is 5.51. The molecule has 2 aromatic rings. The molecule has 0 N–H and O–H groups in total. The van der Waals surface area contributed by atoms with Crippen molar-refractivity contribution < 1.29 is 14.5 Å². The van der Waals surface area contributed by atoms with Gasteiger partial charge < -0.3 is 9.14 Å². The van der Waals surface area contributed by atoms with E-state index in [0.29, 0.717) is 11.3 Å². The molecule has 100 valence electrons. The molecule has 19 heavy (non-hydrogen) atoms. The average molecular weight is 262 g/mol. The predicted octanol–water partition coefficient (Wildman–Crippen LogP) is 1.94. The smallest absolute Gasteiger partial charge is 0.339 e. The Hall–Kier alpha value is -2.37. The van der Waals surface area contributed by atoms with Gasteiger partial charge in [-0.15, -0.1) is 0 Å². The number of hydrogen-bond acceptors (Lipinski definition) is 4. The molecule has 6 nitrogen and oxygen atoms in total. The van der Waals surface area contributed by atoms with Gasteiger partial charge in [-0.2, -0.15) is 0 Å². The normalized spacial score (nSPS) is 10.6. The number of ether oxygens (including phenoxy) is 1. The standard InChI is InChI=1S/C13H14N2O4/c1-2-19-13(16)11-9-10-5-3-4-7-14(10)12(11)6-8-15(17)18/h3-5,7,9H,2,6,8H2,1H3. The van der Waals surface area contributed by atoms with Crippen LogP contribution in [0.4, 0.5) is 0 Å². The van der Waals surface area contributed by atoms with Crippen LogP contribution in [0.5, 0.6) is 0 Å².